The molecule has 0 saturated carbocycles. The normalized spacial score (nSPS) is 19.2. The van der Waals surface area contributed by atoms with Crippen LogP contribution >= 0.6 is 0 Å². The number of ketones is 1. The highest BCUT2D eigenvalue weighted by Crippen LogP contribution is 2.40. The van der Waals surface area contributed by atoms with Crippen molar-refractivity contribution in [2.45, 2.75) is 26.3 Å². The van der Waals surface area contributed by atoms with Gasteiger partial charge in [0.25, 0.3) is 0 Å². The summed E-state index contributed by atoms with van der Waals surface area (Å²) < 4.78 is 0. The van der Waals surface area contributed by atoms with Crippen molar-refractivity contribution in [3.05, 3.63) is 65.0 Å². The Morgan fingerprint density at radius 1 is 1.29 bits per heavy atom. The Morgan fingerprint density at radius 2 is 2.00 bits per heavy atom. The number of nitrogens with zero attached hydrogens (tertiary/aromatic N) is 1. The third-order valence-corrected chi connectivity index (χ3v) is 4.94. The van der Waals surface area contributed by atoms with Gasteiger partial charge in [0.2, 0.25) is 0 Å². The van der Waals surface area contributed by atoms with E-state index in [-0.39, 0.29) is 18.2 Å². The maximum absolute atomic E-state index is 12.6. The van der Waals surface area contributed by atoms with Crippen LogP contribution in [0.4, 0.5) is 4.79 Å². The van der Waals surface area contributed by atoms with E-state index >= 15 is 0 Å². The van der Waals surface area contributed by atoms with E-state index in [0.717, 1.165) is 34.5 Å². The molecule has 1 aliphatic carbocycles. The molecule has 2 amide bonds. The number of fused-ring (bicyclic) bond motifs is 1. The molecular formula is C22H28N4O2. The number of amides is 2. The number of benzene rings is 1. The molecular weight excluding hydrogens is 352 g/mol. The van der Waals surface area contributed by atoms with Crippen molar-refractivity contribution in [1.29, 1.82) is 0 Å². The zero-order valence-corrected chi connectivity index (χ0v) is 16.7. The van der Waals surface area contributed by atoms with Gasteiger partial charge >= 0.3 is 6.03 Å². The minimum atomic E-state index is -0.651. The number of hydrogen-bond acceptors (Lipinski definition) is 4. The summed E-state index contributed by atoms with van der Waals surface area (Å²) in [5.41, 5.74) is 11.3. The van der Waals surface area contributed by atoms with Gasteiger partial charge in [-0.2, -0.15) is 0 Å². The molecule has 0 spiro atoms. The minimum Gasteiger partial charge on any atom is -0.349 e. The van der Waals surface area contributed by atoms with E-state index in [2.05, 4.69) is 47.7 Å². The Bertz CT molecular complexity index is 853. The first kappa shape index (κ1) is 19.9. The van der Waals surface area contributed by atoms with Crippen LogP contribution < -0.4 is 16.4 Å². The second-order valence-corrected chi connectivity index (χ2v) is 7.52. The van der Waals surface area contributed by atoms with E-state index in [4.69, 9.17) is 5.73 Å². The zero-order chi connectivity index (χ0) is 20.3. The van der Waals surface area contributed by atoms with Crippen molar-refractivity contribution in [1.82, 2.24) is 15.5 Å². The highest BCUT2D eigenvalue weighted by atomic mass is 16.2. The largest absolute Gasteiger partial charge is 0.349 e. The number of carbonyl (C=O) groups excluding carboxylic acids is 2. The fourth-order valence-corrected chi connectivity index (χ4v) is 3.72. The Balaban J connectivity index is 2.13. The molecule has 3 rings (SSSR count). The van der Waals surface area contributed by atoms with Crippen LogP contribution in [0, 0.1) is 5.92 Å². The van der Waals surface area contributed by atoms with Gasteiger partial charge in [-0.25, -0.2) is 4.79 Å². The van der Waals surface area contributed by atoms with E-state index in [9.17, 15) is 9.59 Å². The molecule has 1 aromatic rings. The lowest BCUT2D eigenvalue weighted by atomic mass is 9.80. The average Bonchev–Trinajstić information content (AvgIpc) is 2.68. The molecule has 1 heterocycles. The van der Waals surface area contributed by atoms with Crippen molar-refractivity contribution in [2.75, 3.05) is 20.1 Å². The maximum Gasteiger partial charge on any atom is 0.315 e. The first-order valence-electron chi connectivity index (χ1n) is 9.64. The number of urea groups is 1. The first-order chi connectivity index (χ1) is 13.4. The standard InChI is InChI=1S/C22H28N4O2/c1-14(2)12-26-13-16-9-20(27)18(25-22(28)24-3)10-17(16)21(19(26)11-23)15-7-5-4-6-8-15/h4-8,10,13-14,18H,9,11-12,23H2,1-3H3,(H2,24,25,28). The molecule has 148 valence electrons. The summed E-state index contributed by atoms with van der Waals surface area (Å²) >= 11 is 0. The van der Waals surface area contributed by atoms with Crippen LogP contribution in [-0.2, 0) is 4.79 Å². The molecule has 2 aliphatic rings. The van der Waals surface area contributed by atoms with Crippen LogP contribution in [-0.4, -0.2) is 42.9 Å². The van der Waals surface area contributed by atoms with Crippen molar-refractivity contribution in [3.63, 3.8) is 0 Å². The number of allylic oxidation sites excluding steroid dienone is 3. The van der Waals surface area contributed by atoms with Crippen molar-refractivity contribution in [2.24, 2.45) is 11.7 Å². The number of rotatable bonds is 5. The molecule has 6 heteroatoms. The molecule has 4 N–H and O–H groups in total. The van der Waals surface area contributed by atoms with Crippen LogP contribution in [0.2, 0.25) is 0 Å². The smallest absolute Gasteiger partial charge is 0.315 e. The molecule has 0 saturated heterocycles. The van der Waals surface area contributed by atoms with Gasteiger partial charge in [-0.05, 0) is 28.7 Å². The summed E-state index contributed by atoms with van der Waals surface area (Å²) in [6.45, 7) is 5.54. The lowest BCUT2D eigenvalue weighted by Crippen LogP contribution is -2.46. The SMILES string of the molecule is CNC(=O)NC1C=C2C(=CN(CC(C)C)C(CN)=C2c2ccccc2)CC1=O. The lowest BCUT2D eigenvalue weighted by Gasteiger charge is -2.37. The highest BCUT2D eigenvalue weighted by Gasteiger charge is 2.33. The maximum atomic E-state index is 12.6. The topological polar surface area (TPSA) is 87.5 Å². The van der Waals surface area contributed by atoms with Gasteiger partial charge in [0.15, 0.2) is 5.78 Å². The van der Waals surface area contributed by atoms with E-state index in [0.29, 0.717) is 12.5 Å². The third kappa shape index (κ3) is 4.02. The molecule has 0 fully saturated rings. The van der Waals surface area contributed by atoms with E-state index in [1.54, 1.807) is 0 Å². The van der Waals surface area contributed by atoms with Crippen molar-refractivity contribution >= 4 is 17.4 Å². The van der Waals surface area contributed by atoms with Crippen LogP contribution in [0.5, 0.6) is 0 Å². The van der Waals surface area contributed by atoms with E-state index in [1.807, 2.05) is 24.3 Å². The minimum absolute atomic E-state index is 0.0216. The second-order valence-electron chi connectivity index (χ2n) is 7.52. The van der Waals surface area contributed by atoms with Gasteiger partial charge in [-0.15, -0.1) is 0 Å². The quantitative estimate of drug-likeness (QED) is 0.732. The molecule has 28 heavy (non-hydrogen) atoms. The number of nitrogens with two attached hydrogens (primary N) is 1. The third-order valence-electron chi connectivity index (χ3n) is 4.94. The van der Waals surface area contributed by atoms with Crippen LogP contribution in [0.3, 0.4) is 0 Å². The number of carbonyl (C=O) groups is 2. The Hall–Kier alpha value is -2.86. The van der Waals surface area contributed by atoms with Crippen LogP contribution in [0.1, 0.15) is 25.8 Å². The molecule has 1 aromatic carbocycles. The molecule has 6 nitrogen and oxygen atoms in total. The Morgan fingerprint density at radius 3 is 2.61 bits per heavy atom. The molecule has 1 aliphatic heterocycles. The highest BCUT2D eigenvalue weighted by molar-refractivity contribution is 5.99. The fourth-order valence-electron chi connectivity index (χ4n) is 3.72. The fraction of sp³-hybridized carbons (Fsp3) is 0.364. The molecule has 0 bridgehead atoms. The van der Waals surface area contributed by atoms with Gasteiger partial charge in [-0.1, -0.05) is 44.2 Å². The summed E-state index contributed by atoms with van der Waals surface area (Å²) in [7, 11) is 1.54. The van der Waals surface area contributed by atoms with E-state index in [1.165, 1.54) is 7.05 Å². The first-order valence-corrected chi connectivity index (χ1v) is 9.64. The van der Waals surface area contributed by atoms with Gasteiger partial charge < -0.3 is 21.3 Å². The van der Waals surface area contributed by atoms with Gasteiger partial charge in [0.05, 0.1) is 0 Å². The Labute approximate surface area is 166 Å². The zero-order valence-electron chi connectivity index (χ0n) is 16.7. The molecule has 1 unspecified atom stereocenters. The number of nitrogens with one attached hydrogen (secondary N) is 2. The summed E-state index contributed by atoms with van der Waals surface area (Å²) in [6.07, 6.45) is 4.19. The number of hydrogen-bond donors (Lipinski definition) is 3. The lowest BCUT2D eigenvalue weighted by molar-refractivity contribution is -0.119. The van der Waals surface area contributed by atoms with Crippen LogP contribution in [0.25, 0.3) is 5.57 Å². The Kier molecular flexibility index (Phi) is 5.99. The van der Waals surface area contributed by atoms with Crippen molar-refractivity contribution < 1.29 is 9.59 Å². The summed E-state index contributed by atoms with van der Waals surface area (Å²) in [4.78, 5) is 26.6. The number of Topliss-reactive ketones (excluding diaryl/α,β-unsaturated/α-hetero) is 1. The van der Waals surface area contributed by atoms with Crippen molar-refractivity contribution in [3.8, 4) is 0 Å². The van der Waals surface area contributed by atoms with Crippen LogP contribution in [0.15, 0.2) is 59.5 Å². The second kappa shape index (κ2) is 8.44. The summed E-state index contributed by atoms with van der Waals surface area (Å²) in [5, 5.41) is 5.24. The average molecular weight is 380 g/mol. The summed E-state index contributed by atoms with van der Waals surface area (Å²) in [6, 6.07) is 9.06. The molecule has 1 atom stereocenters. The van der Waals surface area contributed by atoms with Gasteiger partial charge in [0.1, 0.15) is 6.04 Å². The van der Waals surface area contributed by atoms with E-state index < -0.39 is 6.04 Å². The monoisotopic (exact) mass is 380 g/mol. The predicted octanol–water partition coefficient (Wildman–Crippen LogP) is 2.41. The molecule has 0 radical (unpaired) electrons. The van der Waals surface area contributed by atoms with Gasteiger partial charge in [0, 0.05) is 44.0 Å². The predicted molar refractivity (Wildman–Crippen MR) is 111 cm³/mol. The molecule has 0 aromatic heterocycles. The van der Waals surface area contributed by atoms with Gasteiger partial charge in [-0.3, -0.25) is 4.79 Å². The summed E-state index contributed by atoms with van der Waals surface area (Å²) in [5.74, 6) is 0.426.